The lowest BCUT2D eigenvalue weighted by Gasteiger charge is -2.31. The van der Waals surface area contributed by atoms with Crippen LogP contribution in [0.5, 0.6) is 0 Å². The predicted octanol–water partition coefficient (Wildman–Crippen LogP) is 4.15. The molecule has 0 fully saturated rings. The highest BCUT2D eigenvalue weighted by Gasteiger charge is 2.32. The van der Waals surface area contributed by atoms with Crippen molar-refractivity contribution in [2.45, 2.75) is 0 Å². The molecule has 1 aliphatic heterocycles. The first kappa shape index (κ1) is 19.4. The summed E-state index contributed by atoms with van der Waals surface area (Å²) in [6.07, 6.45) is 0. The maximum atomic E-state index is 12.5. The Labute approximate surface area is 175 Å². The average Bonchev–Trinajstić information content (AvgIpc) is 2.77. The quantitative estimate of drug-likeness (QED) is 0.436. The van der Waals surface area contributed by atoms with Crippen molar-refractivity contribution in [1.29, 1.82) is 0 Å². The lowest BCUT2D eigenvalue weighted by Crippen LogP contribution is -2.38. The van der Waals surface area contributed by atoms with E-state index in [2.05, 4.69) is 28.1 Å². The van der Waals surface area contributed by atoms with Gasteiger partial charge in [0.05, 0.1) is 26.4 Å². The van der Waals surface area contributed by atoms with Crippen LogP contribution in [0.15, 0.2) is 64.3 Å². The molecule has 29 heavy (non-hydrogen) atoms. The first-order valence-electron chi connectivity index (χ1n) is 8.91. The number of fused-ring (bicyclic) bond motifs is 3. The van der Waals surface area contributed by atoms with Gasteiger partial charge in [0.2, 0.25) is 0 Å². The zero-order chi connectivity index (χ0) is 20.5. The van der Waals surface area contributed by atoms with Crippen molar-refractivity contribution < 1.29 is 23.8 Å². The van der Waals surface area contributed by atoms with Gasteiger partial charge < -0.3 is 19.1 Å². The molecule has 0 saturated carbocycles. The number of ether oxygens (including phenoxy) is 3. The number of hydrogen-bond acceptors (Lipinski definition) is 6. The molecule has 1 heterocycles. The summed E-state index contributed by atoms with van der Waals surface area (Å²) < 4.78 is 16.3. The maximum Gasteiger partial charge on any atom is 0.355 e. The van der Waals surface area contributed by atoms with Gasteiger partial charge in [0, 0.05) is 10.2 Å². The summed E-state index contributed by atoms with van der Waals surface area (Å²) in [6, 6.07) is 16.0. The van der Waals surface area contributed by atoms with E-state index < -0.39 is 11.9 Å². The lowest BCUT2D eigenvalue weighted by molar-refractivity contribution is -0.140. The molecule has 0 aliphatic carbocycles. The van der Waals surface area contributed by atoms with Crippen LogP contribution in [0.4, 0.5) is 5.69 Å². The number of halogens is 1. The Morgan fingerprint density at radius 3 is 2.41 bits per heavy atom. The maximum absolute atomic E-state index is 12.5. The van der Waals surface area contributed by atoms with Gasteiger partial charge in [-0.25, -0.2) is 9.59 Å². The number of carbonyl (C=O) groups excluding carboxylic acids is 2. The van der Waals surface area contributed by atoms with Crippen molar-refractivity contribution in [3.63, 3.8) is 0 Å². The third-order valence-corrected chi connectivity index (χ3v) is 5.59. The number of esters is 2. The van der Waals surface area contributed by atoms with Crippen LogP contribution in [0.2, 0.25) is 0 Å². The minimum atomic E-state index is -0.620. The summed E-state index contributed by atoms with van der Waals surface area (Å²) in [5, 5.41) is 4.24. The second kappa shape index (κ2) is 7.85. The normalized spacial score (nSPS) is 14.4. The molecular formula is C22H18BrNO5. The Morgan fingerprint density at radius 1 is 0.966 bits per heavy atom. The van der Waals surface area contributed by atoms with Gasteiger partial charge in [-0.15, -0.1) is 0 Å². The van der Waals surface area contributed by atoms with Crippen molar-refractivity contribution >= 4 is 55.1 Å². The van der Waals surface area contributed by atoms with E-state index in [0.29, 0.717) is 5.69 Å². The highest BCUT2D eigenvalue weighted by atomic mass is 79.9. The third-order valence-electron chi connectivity index (χ3n) is 4.94. The third kappa shape index (κ3) is 3.36. The summed E-state index contributed by atoms with van der Waals surface area (Å²) in [6.45, 7) is 0.0992. The fraction of sp³-hybridized carbons (Fsp3) is 0.182. The minimum absolute atomic E-state index is 0.0168. The van der Waals surface area contributed by atoms with Gasteiger partial charge in [0.15, 0.2) is 0 Å². The zero-order valence-electron chi connectivity index (χ0n) is 15.9. The Hall–Kier alpha value is -2.90. The van der Waals surface area contributed by atoms with E-state index in [1.807, 2.05) is 36.4 Å². The van der Waals surface area contributed by atoms with Gasteiger partial charge in [-0.05, 0) is 39.7 Å². The van der Waals surface area contributed by atoms with Crippen LogP contribution in [0.3, 0.4) is 0 Å². The van der Waals surface area contributed by atoms with Gasteiger partial charge >= 0.3 is 11.9 Å². The smallest absolute Gasteiger partial charge is 0.355 e. The molecule has 3 aromatic carbocycles. The molecule has 148 valence electrons. The number of anilines is 1. The van der Waals surface area contributed by atoms with E-state index >= 15 is 0 Å². The molecule has 0 amide bonds. The molecule has 0 atom stereocenters. The highest BCUT2D eigenvalue weighted by molar-refractivity contribution is 9.10. The van der Waals surface area contributed by atoms with Crippen molar-refractivity contribution in [3.05, 3.63) is 64.3 Å². The molecule has 0 aromatic heterocycles. The van der Waals surface area contributed by atoms with E-state index in [9.17, 15) is 9.59 Å². The largest absolute Gasteiger partial charge is 0.466 e. The summed E-state index contributed by atoms with van der Waals surface area (Å²) in [5.74, 6) is -1.24. The molecule has 0 saturated heterocycles. The molecule has 4 rings (SSSR count). The topological polar surface area (TPSA) is 65.1 Å². The molecule has 1 aliphatic rings. The van der Waals surface area contributed by atoms with Gasteiger partial charge in [0.25, 0.3) is 0 Å². The molecule has 3 aromatic rings. The van der Waals surface area contributed by atoms with Crippen molar-refractivity contribution in [1.82, 2.24) is 0 Å². The number of nitrogens with zero attached hydrogens (tertiary/aromatic N) is 1. The molecule has 7 heteroatoms. The Balaban J connectivity index is 1.93. The van der Waals surface area contributed by atoms with Crippen LogP contribution in [0.1, 0.15) is 0 Å². The molecule has 0 spiro atoms. The monoisotopic (exact) mass is 455 g/mol. The number of hydrogen-bond donors (Lipinski definition) is 0. The number of carbonyl (C=O) groups is 2. The SMILES string of the molecule is COC(=O)C1=C(C(=O)OC)N(c2ccc3cc(Br)c4ccccc4c3c2)COC1. The lowest BCUT2D eigenvalue weighted by atomic mass is 10.0. The van der Waals surface area contributed by atoms with Crippen molar-refractivity contribution in [3.8, 4) is 0 Å². The van der Waals surface area contributed by atoms with Crippen LogP contribution < -0.4 is 4.90 Å². The second-order valence-corrected chi connectivity index (χ2v) is 7.38. The Bertz CT molecular complexity index is 1170. The fourth-order valence-corrected chi connectivity index (χ4v) is 4.15. The average molecular weight is 456 g/mol. The predicted molar refractivity (Wildman–Crippen MR) is 114 cm³/mol. The van der Waals surface area contributed by atoms with Crippen LogP contribution in [-0.2, 0) is 23.8 Å². The fourth-order valence-electron chi connectivity index (χ4n) is 3.56. The summed E-state index contributed by atoms with van der Waals surface area (Å²) >= 11 is 3.63. The van der Waals surface area contributed by atoms with Gasteiger partial charge in [0.1, 0.15) is 12.4 Å². The van der Waals surface area contributed by atoms with Crippen molar-refractivity contribution in [2.75, 3.05) is 32.5 Å². The number of rotatable bonds is 3. The molecule has 0 unspecified atom stereocenters. The van der Waals surface area contributed by atoms with E-state index in [1.54, 1.807) is 4.90 Å². The molecule has 0 radical (unpaired) electrons. The molecule has 0 bridgehead atoms. The van der Waals surface area contributed by atoms with Crippen LogP contribution in [0, 0.1) is 0 Å². The van der Waals surface area contributed by atoms with E-state index in [0.717, 1.165) is 26.0 Å². The standard InChI is InChI=1S/C22H18BrNO5/c1-27-21(25)18-11-29-12-24(20(18)22(26)28-2)14-8-7-13-9-19(23)16-6-4-3-5-15(16)17(13)10-14/h3-10H,11-12H2,1-2H3. The Kier molecular flexibility index (Phi) is 5.25. The van der Waals surface area contributed by atoms with E-state index in [1.165, 1.54) is 14.2 Å². The molecule has 0 N–H and O–H groups in total. The van der Waals surface area contributed by atoms with E-state index in [4.69, 9.17) is 14.2 Å². The van der Waals surface area contributed by atoms with Crippen LogP contribution in [0.25, 0.3) is 21.5 Å². The van der Waals surface area contributed by atoms with Crippen LogP contribution >= 0.6 is 15.9 Å². The summed E-state index contributed by atoms with van der Waals surface area (Å²) in [4.78, 5) is 26.3. The zero-order valence-corrected chi connectivity index (χ0v) is 17.5. The molecule has 6 nitrogen and oxygen atoms in total. The first-order valence-corrected chi connectivity index (χ1v) is 9.70. The molecular weight excluding hydrogens is 438 g/mol. The van der Waals surface area contributed by atoms with Gasteiger partial charge in [-0.3, -0.25) is 0 Å². The van der Waals surface area contributed by atoms with Crippen molar-refractivity contribution in [2.24, 2.45) is 0 Å². The van der Waals surface area contributed by atoms with Gasteiger partial charge in [-0.1, -0.05) is 46.3 Å². The van der Waals surface area contributed by atoms with Gasteiger partial charge in [-0.2, -0.15) is 0 Å². The van der Waals surface area contributed by atoms with E-state index in [-0.39, 0.29) is 24.6 Å². The Morgan fingerprint density at radius 2 is 1.69 bits per heavy atom. The highest BCUT2D eigenvalue weighted by Crippen LogP contribution is 2.35. The number of methoxy groups -OCH3 is 2. The number of benzene rings is 3. The second-order valence-electron chi connectivity index (χ2n) is 6.53. The minimum Gasteiger partial charge on any atom is -0.466 e. The first-order chi connectivity index (χ1) is 14.0. The summed E-state index contributed by atoms with van der Waals surface area (Å²) in [7, 11) is 2.55. The summed E-state index contributed by atoms with van der Waals surface area (Å²) in [5.41, 5.74) is 0.976. The van der Waals surface area contributed by atoms with Crippen LogP contribution in [-0.4, -0.2) is 39.5 Å².